The van der Waals surface area contributed by atoms with Gasteiger partial charge in [-0.1, -0.05) is 35.9 Å². The maximum Gasteiger partial charge on any atom is 0.248 e. The monoisotopic (exact) mass is 293 g/mol. The van der Waals surface area contributed by atoms with Crippen molar-refractivity contribution in [2.75, 3.05) is 13.1 Å². The number of aryl methyl sites for hydroxylation is 1. The second-order valence-electron chi connectivity index (χ2n) is 5.30. The van der Waals surface area contributed by atoms with Crippen molar-refractivity contribution in [3.63, 3.8) is 0 Å². The van der Waals surface area contributed by atoms with Gasteiger partial charge in [-0.2, -0.15) is 0 Å². The lowest BCUT2D eigenvalue weighted by atomic mass is 9.92. The van der Waals surface area contributed by atoms with Crippen LogP contribution >= 0.6 is 0 Å². The van der Waals surface area contributed by atoms with Crippen LogP contribution in [0, 0.1) is 6.92 Å². The van der Waals surface area contributed by atoms with E-state index in [0.717, 1.165) is 24.0 Å². The molecule has 0 atom stereocenters. The Morgan fingerprint density at radius 1 is 1.18 bits per heavy atom. The lowest BCUT2D eigenvalue weighted by Gasteiger charge is -2.29. The molecule has 22 heavy (non-hydrogen) atoms. The van der Waals surface area contributed by atoms with E-state index < -0.39 is 0 Å². The van der Waals surface area contributed by atoms with Gasteiger partial charge >= 0.3 is 0 Å². The molecule has 0 aliphatic carbocycles. The molecule has 1 aliphatic rings. The molecule has 3 rings (SSSR count). The summed E-state index contributed by atoms with van der Waals surface area (Å²) >= 11 is 0. The fourth-order valence-corrected chi connectivity index (χ4v) is 2.73. The van der Waals surface area contributed by atoms with Crippen molar-refractivity contribution in [1.29, 1.82) is 0 Å². The van der Waals surface area contributed by atoms with E-state index in [4.69, 9.17) is 12.3 Å². The Hall–Kier alpha value is -2.37. The molecule has 0 spiro atoms. The van der Waals surface area contributed by atoms with Crippen LogP contribution in [-0.4, -0.2) is 41.8 Å². The van der Waals surface area contributed by atoms with Gasteiger partial charge < -0.3 is 9.32 Å². The summed E-state index contributed by atoms with van der Waals surface area (Å²) in [5.74, 6) is 0.707. The molecule has 1 aliphatic heterocycles. The predicted molar refractivity (Wildman–Crippen MR) is 83.5 cm³/mol. The summed E-state index contributed by atoms with van der Waals surface area (Å²) in [5, 5.41) is 8.11. The van der Waals surface area contributed by atoms with E-state index in [2.05, 4.69) is 10.2 Å². The van der Waals surface area contributed by atoms with E-state index in [1.165, 1.54) is 5.57 Å². The van der Waals surface area contributed by atoms with Gasteiger partial charge in [0.1, 0.15) is 0 Å². The molecule has 2 radical (unpaired) electrons. The molecule has 0 N–H and O–H groups in total. The van der Waals surface area contributed by atoms with E-state index in [1.807, 2.05) is 30.3 Å². The van der Waals surface area contributed by atoms with Gasteiger partial charge in [0, 0.05) is 25.6 Å². The molecule has 110 valence electrons. The van der Waals surface area contributed by atoms with Crippen molar-refractivity contribution >= 4 is 19.2 Å². The van der Waals surface area contributed by atoms with Crippen molar-refractivity contribution in [3.8, 4) is 0 Å². The zero-order valence-corrected chi connectivity index (χ0v) is 12.5. The van der Waals surface area contributed by atoms with Gasteiger partial charge in [0.2, 0.25) is 19.6 Å². The fraction of sp³-hybridized carbons (Fsp3) is 0.312. The van der Waals surface area contributed by atoms with Crippen LogP contribution < -0.4 is 0 Å². The van der Waals surface area contributed by atoms with Crippen molar-refractivity contribution < 1.29 is 9.21 Å². The van der Waals surface area contributed by atoms with Crippen molar-refractivity contribution in [1.82, 2.24) is 15.1 Å². The van der Waals surface area contributed by atoms with Gasteiger partial charge in [0.05, 0.1) is 0 Å². The Kier molecular flexibility index (Phi) is 4.09. The predicted octanol–water partition coefficient (Wildman–Crippen LogP) is 2.56. The number of carbonyl (C=O) groups is 1. The Bertz CT molecular complexity index is 699. The van der Waals surface area contributed by atoms with Crippen molar-refractivity contribution in [2.24, 2.45) is 0 Å². The molecule has 5 nitrogen and oxygen atoms in total. The normalized spacial score (nSPS) is 15.0. The molecular weight excluding hydrogens is 277 g/mol. The summed E-state index contributed by atoms with van der Waals surface area (Å²) in [6, 6.07) is 10.0. The molecule has 2 aromatic rings. The number of piperidine rings is 1. The third-order valence-electron chi connectivity index (χ3n) is 3.83. The standard InChI is InChI=1S/C16H16BN3O2/c1-11-18-19-15(22-11)14(12-5-3-2-4-6-12)13-7-9-20(10-8-13)16(17)21/h2-6H,7-10H2,1H3. The van der Waals surface area contributed by atoms with Gasteiger partial charge in [-0.3, -0.25) is 4.79 Å². The van der Waals surface area contributed by atoms with Gasteiger partial charge in [-0.05, 0) is 18.4 Å². The first-order valence-electron chi connectivity index (χ1n) is 7.27. The van der Waals surface area contributed by atoms with E-state index in [9.17, 15) is 4.79 Å². The molecule has 1 saturated heterocycles. The topological polar surface area (TPSA) is 59.2 Å². The molecule has 2 heterocycles. The number of nitrogens with zero attached hydrogens (tertiary/aromatic N) is 3. The summed E-state index contributed by atoms with van der Waals surface area (Å²) in [7, 11) is 5.34. The zero-order valence-electron chi connectivity index (χ0n) is 12.5. The number of amides is 1. The van der Waals surface area contributed by atoms with Crippen LogP contribution in [0.5, 0.6) is 0 Å². The molecule has 1 amide bonds. The Labute approximate surface area is 130 Å². The average Bonchev–Trinajstić information content (AvgIpc) is 2.95. The minimum Gasteiger partial charge on any atom is -0.421 e. The van der Waals surface area contributed by atoms with Crippen LogP contribution in [0.1, 0.15) is 30.2 Å². The maximum atomic E-state index is 11.3. The summed E-state index contributed by atoms with van der Waals surface area (Å²) in [6.45, 7) is 3.02. The van der Waals surface area contributed by atoms with Crippen LogP contribution in [0.25, 0.3) is 5.57 Å². The summed E-state index contributed by atoms with van der Waals surface area (Å²) in [6.07, 6.45) is 1.52. The van der Waals surface area contributed by atoms with E-state index in [1.54, 1.807) is 11.8 Å². The SMILES string of the molecule is [B]C(=O)N1CCC(=C(c2ccccc2)c2nnc(C)o2)CC1. The Morgan fingerprint density at radius 2 is 1.86 bits per heavy atom. The number of benzene rings is 1. The molecule has 1 aromatic heterocycles. The number of likely N-dealkylation sites (tertiary alicyclic amines) is 1. The average molecular weight is 293 g/mol. The van der Waals surface area contributed by atoms with Gasteiger partial charge in [-0.15, -0.1) is 10.2 Å². The summed E-state index contributed by atoms with van der Waals surface area (Å²) in [5.41, 5.74) is 3.24. The number of rotatable bonds is 2. The number of aromatic nitrogens is 2. The quantitative estimate of drug-likeness (QED) is 0.798. The third kappa shape index (κ3) is 2.96. The number of hydrogen-bond donors (Lipinski definition) is 0. The number of hydrogen-bond acceptors (Lipinski definition) is 4. The molecule has 1 fully saturated rings. The highest BCUT2D eigenvalue weighted by Crippen LogP contribution is 2.31. The van der Waals surface area contributed by atoms with Gasteiger partial charge in [-0.25, -0.2) is 0 Å². The van der Waals surface area contributed by atoms with Crippen LogP contribution in [-0.2, 0) is 0 Å². The highest BCUT2D eigenvalue weighted by atomic mass is 16.4. The lowest BCUT2D eigenvalue weighted by molar-refractivity contribution is 0.217. The lowest BCUT2D eigenvalue weighted by Crippen LogP contribution is -2.35. The first-order valence-corrected chi connectivity index (χ1v) is 7.27. The highest BCUT2D eigenvalue weighted by Gasteiger charge is 2.22. The minimum absolute atomic E-state index is 0.367. The first kappa shape index (κ1) is 14.6. The second kappa shape index (κ2) is 6.18. The minimum atomic E-state index is -0.367. The van der Waals surface area contributed by atoms with E-state index in [0.29, 0.717) is 24.9 Å². The van der Waals surface area contributed by atoms with Crippen molar-refractivity contribution in [3.05, 3.63) is 53.2 Å². The molecular formula is C16H16BN3O2. The van der Waals surface area contributed by atoms with Gasteiger partial charge in [0.15, 0.2) is 5.81 Å². The smallest absolute Gasteiger partial charge is 0.248 e. The Morgan fingerprint density at radius 3 is 2.41 bits per heavy atom. The van der Waals surface area contributed by atoms with Gasteiger partial charge in [0.25, 0.3) is 0 Å². The van der Waals surface area contributed by atoms with E-state index in [-0.39, 0.29) is 5.81 Å². The van der Waals surface area contributed by atoms with Crippen LogP contribution in [0.2, 0.25) is 0 Å². The summed E-state index contributed by atoms with van der Waals surface area (Å²) < 4.78 is 5.64. The largest absolute Gasteiger partial charge is 0.421 e. The molecule has 1 aromatic carbocycles. The second-order valence-corrected chi connectivity index (χ2v) is 5.30. The molecule has 0 saturated carbocycles. The number of carbonyl (C=O) groups excluding carboxylic acids is 1. The van der Waals surface area contributed by atoms with Crippen molar-refractivity contribution in [2.45, 2.75) is 19.8 Å². The Balaban J connectivity index is 1.99. The highest BCUT2D eigenvalue weighted by molar-refractivity contribution is 6.56. The molecule has 0 bridgehead atoms. The first-order chi connectivity index (χ1) is 10.6. The van der Waals surface area contributed by atoms with Crippen LogP contribution in [0.4, 0.5) is 4.79 Å². The maximum absolute atomic E-state index is 11.3. The fourth-order valence-electron chi connectivity index (χ4n) is 2.73. The molecule has 6 heteroatoms. The van der Waals surface area contributed by atoms with Crippen LogP contribution in [0.15, 0.2) is 40.3 Å². The molecule has 0 unspecified atom stereocenters. The van der Waals surface area contributed by atoms with Crippen LogP contribution in [0.3, 0.4) is 0 Å². The summed E-state index contributed by atoms with van der Waals surface area (Å²) in [4.78, 5) is 12.9. The third-order valence-corrected chi connectivity index (χ3v) is 3.83. The zero-order chi connectivity index (χ0) is 15.5. The van der Waals surface area contributed by atoms with E-state index >= 15 is 0 Å².